The number of hydrogen-bond acceptors (Lipinski definition) is 4. The number of thiophene rings is 1. The zero-order valence-corrected chi connectivity index (χ0v) is 13.9. The quantitative estimate of drug-likeness (QED) is 0.784. The molecule has 2 rings (SSSR count). The molecule has 1 aromatic carbocycles. The molecule has 1 N–H and O–H groups in total. The molecule has 0 saturated carbocycles. The highest BCUT2D eigenvalue weighted by atomic mass is 32.1. The molecule has 4 heteroatoms. The molecule has 1 unspecified atom stereocenters. The summed E-state index contributed by atoms with van der Waals surface area (Å²) in [5.41, 5.74) is 1.04. The third-order valence-corrected chi connectivity index (χ3v) is 4.26. The number of anilines is 1. The molecule has 1 heterocycles. The van der Waals surface area contributed by atoms with Crippen LogP contribution >= 0.6 is 11.3 Å². The van der Waals surface area contributed by atoms with Gasteiger partial charge >= 0.3 is 0 Å². The van der Waals surface area contributed by atoms with Gasteiger partial charge in [-0.25, -0.2) is 0 Å². The summed E-state index contributed by atoms with van der Waals surface area (Å²) in [4.78, 5) is 1.35. The van der Waals surface area contributed by atoms with Gasteiger partial charge in [-0.15, -0.1) is 11.3 Å². The number of methoxy groups -OCH3 is 1. The van der Waals surface area contributed by atoms with Crippen LogP contribution in [0.25, 0.3) is 0 Å². The van der Waals surface area contributed by atoms with Crippen molar-refractivity contribution < 1.29 is 9.47 Å². The van der Waals surface area contributed by atoms with Crippen LogP contribution in [-0.4, -0.2) is 13.7 Å². The average molecular weight is 305 g/mol. The lowest BCUT2D eigenvalue weighted by molar-refractivity contribution is 0.311. The largest absolute Gasteiger partial charge is 0.493 e. The van der Waals surface area contributed by atoms with E-state index in [1.807, 2.05) is 25.1 Å². The minimum atomic E-state index is 0.299. The fourth-order valence-corrected chi connectivity index (χ4v) is 3.20. The Hall–Kier alpha value is -1.68. The molecule has 2 aromatic rings. The molecule has 0 bridgehead atoms. The summed E-state index contributed by atoms with van der Waals surface area (Å²) in [5, 5.41) is 5.72. The van der Waals surface area contributed by atoms with E-state index in [4.69, 9.17) is 9.47 Å². The summed E-state index contributed by atoms with van der Waals surface area (Å²) in [6.45, 7) is 7.05. The summed E-state index contributed by atoms with van der Waals surface area (Å²) in [5.74, 6) is 2.04. The molecule has 0 saturated heterocycles. The van der Waals surface area contributed by atoms with Gasteiger partial charge < -0.3 is 14.8 Å². The Bertz CT molecular complexity index is 552. The maximum atomic E-state index is 5.56. The van der Waals surface area contributed by atoms with E-state index in [0.29, 0.717) is 18.6 Å². The standard InChI is InChI=1S/C17H23NO2S/c1-5-20-14-9-8-13(11-15(14)19-4)18-17(12(2)3)16-7-6-10-21-16/h6-12,17-18H,5H2,1-4H3. The fraction of sp³-hybridized carbons (Fsp3) is 0.412. The van der Waals surface area contributed by atoms with Gasteiger partial charge in [0.15, 0.2) is 11.5 Å². The highest BCUT2D eigenvalue weighted by Gasteiger charge is 2.17. The lowest BCUT2D eigenvalue weighted by Gasteiger charge is -2.23. The van der Waals surface area contributed by atoms with E-state index in [1.54, 1.807) is 18.4 Å². The smallest absolute Gasteiger partial charge is 0.162 e. The number of benzene rings is 1. The van der Waals surface area contributed by atoms with Crippen molar-refractivity contribution >= 4 is 17.0 Å². The van der Waals surface area contributed by atoms with Gasteiger partial charge in [-0.1, -0.05) is 19.9 Å². The van der Waals surface area contributed by atoms with Crippen molar-refractivity contribution in [3.63, 3.8) is 0 Å². The third-order valence-electron chi connectivity index (χ3n) is 3.30. The molecule has 3 nitrogen and oxygen atoms in total. The van der Waals surface area contributed by atoms with Crippen LogP contribution in [0.5, 0.6) is 11.5 Å². The fourth-order valence-electron chi connectivity index (χ4n) is 2.25. The van der Waals surface area contributed by atoms with E-state index >= 15 is 0 Å². The van der Waals surface area contributed by atoms with Crippen LogP contribution in [0.15, 0.2) is 35.7 Å². The molecule has 0 aliphatic heterocycles. The summed E-state index contributed by atoms with van der Waals surface area (Å²) in [7, 11) is 1.67. The van der Waals surface area contributed by atoms with Crippen molar-refractivity contribution in [2.45, 2.75) is 26.8 Å². The van der Waals surface area contributed by atoms with E-state index in [1.165, 1.54) is 4.88 Å². The van der Waals surface area contributed by atoms with Crippen molar-refractivity contribution in [3.8, 4) is 11.5 Å². The molecular weight excluding hydrogens is 282 g/mol. The Morgan fingerprint density at radius 3 is 2.57 bits per heavy atom. The molecular formula is C17H23NO2S. The maximum Gasteiger partial charge on any atom is 0.162 e. The first-order valence-corrected chi connectivity index (χ1v) is 8.14. The molecule has 0 radical (unpaired) electrons. The normalized spacial score (nSPS) is 12.2. The SMILES string of the molecule is CCOc1ccc(NC(c2cccs2)C(C)C)cc1OC. The van der Waals surface area contributed by atoms with Gasteiger partial charge in [0.05, 0.1) is 19.8 Å². The van der Waals surface area contributed by atoms with Crippen LogP contribution in [0.1, 0.15) is 31.7 Å². The van der Waals surface area contributed by atoms with Gasteiger partial charge in [-0.05, 0) is 36.4 Å². The molecule has 0 amide bonds. The number of hydrogen-bond donors (Lipinski definition) is 1. The topological polar surface area (TPSA) is 30.5 Å². The first kappa shape index (κ1) is 15.7. The van der Waals surface area contributed by atoms with E-state index in [-0.39, 0.29) is 0 Å². The van der Waals surface area contributed by atoms with Crippen molar-refractivity contribution in [3.05, 3.63) is 40.6 Å². The molecule has 0 aliphatic rings. The number of nitrogens with one attached hydrogen (secondary N) is 1. The van der Waals surface area contributed by atoms with Crippen molar-refractivity contribution in [1.82, 2.24) is 0 Å². The first-order valence-electron chi connectivity index (χ1n) is 7.26. The summed E-state index contributed by atoms with van der Waals surface area (Å²) in [6.07, 6.45) is 0. The first-order chi connectivity index (χ1) is 10.2. The number of ether oxygens (including phenoxy) is 2. The molecule has 0 fully saturated rings. The second-order valence-electron chi connectivity index (χ2n) is 5.18. The highest BCUT2D eigenvalue weighted by molar-refractivity contribution is 7.10. The van der Waals surface area contributed by atoms with Crippen LogP contribution in [0.2, 0.25) is 0 Å². The van der Waals surface area contributed by atoms with E-state index in [2.05, 4.69) is 36.7 Å². The Morgan fingerprint density at radius 1 is 1.19 bits per heavy atom. The average Bonchev–Trinajstić information content (AvgIpc) is 2.99. The van der Waals surface area contributed by atoms with Crippen molar-refractivity contribution in [2.24, 2.45) is 5.92 Å². The predicted molar refractivity (Wildman–Crippen MR) is 89.7 cm³/mol. The van der Waals surface area contributed by atoms with Crippen LogP contribution in [0.3, 0.4) is 0 Å². The van der Waals surface area contributed by atoms with Crippen LogP contribution < -0.4 is 14.8 Å². The van der Waals surface area contributed by atoms with Crippen molar-refractivity contribution in [2.75, 3.05) is 19.0 Å². The lowest BCUT2D eigenvalue weighted by Crippen LogP contribution is -2.15. The van der Waals surface area contributed by atoms with Crippen LogP contribution in [-0.2, 0) is 0 Å². The highest BCUT2D eigenvalue weighted by Crippen LogP contribution is 2.34. The second-order valence-corrected chi connectivity index (χ2v) is 6.16. The zero-order chi connectivity index (χ0) is 15.2. The molecule has 114 valence electrons. The molecule has 0 spiro atoms. The van der Waals surface area contributed by atoms with Gasteiger partial charge in [0.25, 0.3) is 0 Å². The Kier molecular flexibility index (Phi) is 5.51. The Labute approximate surface area is 130 Å². The van der Waals surface area contributed by atoms with E-state index in [0.717, 1.165) is 17.2 Å². The van der Waals surface area contributed by atoms with Gasteiger partial charge in [0.1, 0.15) is 0 Å². The molecule has 1 aromatic heterocycles. The van der Waals surface area contributed by atoms with Gasteiger partial charge in [0, 0.05) is 16.6 Å². The Balaban J connectivity index is 2.21. The summed E-state index contributed by atoms with van der Waals surface area (Å²) < 4.78 is 11.0. The molecule has 21 heavy (non-hydrogen) atoms. The molecule has 0 aliphatic carbocycles. The maximum absolute atomic E-state index is 5.56. The third kappa shape index (κ3) is 3.91. The van der Waals surface area contributed by atoms with Gasteiger partial charge in [-0.2, -0.15) is 0 Å². The predicted octanol–water partition coefficient (Wildman–Crippen LogP) is 4.96. The minimum absolute atomic E-state index is 0.299. The summed E-state index contributed by atoms with van der Waals surface area (Å²) in [6, 6.07) is 10.6. The zero-order valence-electron chi connectivity index (χ0n) is 13.1. The van der Waals surface area contributed by atoms with Crippen LogP contribution in [0.4, 0.5) is 5.69 Å². The lowest BCUT2D eigenvalue weighted by atomic mass is 10.0. The van der Waals surface area contributed by atoms with E-state index in [9.17, 15) is 0 Å². The monoisotopic (exact) mass is 305 g/mol. The van der Waals surface area contributed by atoms with E-state index < -0.39 is 0 Å². The number of rotatable bonds is 7. The molecule has 1 atom stereocenters. The summed E-state index contributed by atoms with van der Waals surface area (Å²) >= 11 is 1.78. The van der Waals surface area contributed by atoms with Crippen LogP contribution in [0, 0.1) is 5.92 Å². The van der Waals surface area contributed by atoms with Crippen molar-refractivity contribution in [1.29, 1.82) is 0 Å². The van der Waals surface area contributed by atoms with Gasteiger partial charge in [0.2, 0.25) is 0 Å². The Morgan fingerprint density at radius 2 is 2.00 bits per heavy atom. The second kappa shape index (κ2) is 7.36. The van der Waals surface area contributed by atoms with Gasteiger partial charge in [-0.3, -0.25) is 0 Å². The minimum Gasteiger partial charge on any atom is -0.493 e.